The Labute approximate surface area is 171 Å². The maximum Gasteiger partial charge on any atom is 0.243 e. The maximum absolute atomic E-state index is 13.1. The van der Waals surface area contributed by atoms with Gasteiger partial charge < -0.3 is 4.52 Å². The van der Waals surface area contributed by atoms with Crippen molar-refractivity contribution in [1.82, 2.24) is 14.4 Å². The third-order valence-electron chi connectivity index (χ3n) is 4.61. The van der Waals surface area contributed by atoms with E-state index in [2.05, 4.69) is 30.6 Å². The van der Waals surface area contributed by atoms with Crippen LogP contribution in [0, 0.1) is 6.92 Å². The molecule has 0 aliphatic rings. The summed E-state index contributed by atoms with van der Waals surface area (Å²) in [4.78, 5) is 4.58. The van der Waals surface area contributed by atoms with Gasteiger partial charge in [0.05, 0.1) is 11.4 Å². The molecule has 29 heavy (non-hydrogen) atoms. The highest BCUT2D eigenvalue weighted by atomic mass is 32.2. The monoisotopic (exact) mass is 411 g/mol. The Kier molecular flexibility index (Phi) is 6.30. The number of nitrogens with zero attached hydrogens (tertiary/aromatic N) is 3. The number of rotatable bonds is 8. The highest BCUT2D eigenvalue weighted by Crippen LogP contribution is 2.22. The first-order valence-corrected chi connectivity index (χ1v) is 10.9. The molecule has 0 aliphatic heterocycles. The third kappa shape index (κ3) is 4.81. The van der Waals surface area contributed by atoms with E-state index in [0.717, 1.165) is 16.7 Å². The van der Waals surface area contributed by atoms with Crippen LogP contribution in [0.3, 0.4) is 0 Å². The fourth-order valence-corrected chi connectivity index (χ4v) is 4.22. The van der Waals surface area contributed by atoms with Gasteiger partial charge in [-0.05, 0) is 30.5 Å². The quantitative estimate of drug-likeness (QED) is 0.509. The molecule has 0 amide bonds. The van der Waals surface area contributed by atoms with Crippen LogP contribution in [0.5, 0.6) is 0 Å². The van der Waals surface area contributed by atoms with Crippen molar-refractivity contribution in [2.75, 3.05) is 6.54 Å². The van der Waals surface area contributed by atoms with Crippen LogP contribution in [0.25, 0.3) is 11.4 Å². The first-order valence-electron chi connectivity index (χ1n) is 9.42. The van der Waals surface area contributed by atoms with Gasteiger partial charge in [0.2, 0.25) is 21.7 Å². The minimum absolute atomic E-state index is 0.0286. The van der Waals surface area contributed by atoms with Crippen LogP contribution in [0.1, 0.15) is 36.8 Å². The van der Waals surface area contributed by atoms with Gasteiger partial charge in [-0.2, -0.15) is 9.29 Å². The largest absolute Gasteiger partial charge is 0.338 e. The smallest absolute Gasteiger partial charge is 0.243 e. The first kappa shape index (κ1) is 21.0. The fraction of sp³-hybridized carbons (Fsp3) is 0.273. The van der Waals surface area contributed by atoms with E-state index in [9.17, 15) is 8.42 Å². The second-order valence-corrected chi connectivity index (χ2v) is 9.13. The summed E-state index contributed by atoms with van der Waals surface area (Å²) in [6.07, 6.45) is 1.54. The minimum Gasteiger partial charge on any atom is -0.338 e. The van der Waals surface area contributed by atoms with Gasteiger partial charge in [-0.25, -0.2) is 8.42 Å². The normalized spacial score (nSPS) is 11.9. The molecular weight excluding hydrogens is 386 g/mol. The van der Waals surface area contributed by atoms with Crippen LogP contribution < -0.4 is 0 Å². The second kappa shape index (κ2) is 8.71. The van der Waals surface area contributed by atoms with Crippen molar-refractivity contribution in [3.05, 3.63) is 78.2 Å². The van der Waals surface area contributed by atoms with Gasteiger partial charge >= 0.3 is 0 Å². The average molecular weight is 412 g/mol. The van der Waals surface area contributed by atoms with E-state index in [1.807, 2.05) is 43.3 Å². The molecule has 2 aromatic carbocycles. The van der Waals surface area contributed by atoms with Crippen molar-refractivity contribution in [2.24, 2.45) is 0 Å². The number of hydrogen-bond donors (Lipinski definition) is 0. The molecule has 7 heteroatoms. The van der Waals surface area contributed by atoms with Crippen molar-refractivity contribution in [1.29, 1.82) is 0 Å². The summed E-state index contributed by atoms with van der Waals surface area (Å²) in [5.74, 6) is 0.983. The van der Waals surface area contributed by atoms with Gasteiger partial charge in [-0.15, -0.1) is 6.58 Å². The molecule has 6 nitrogen and oxygen atoms in total. The number of aromatic nitrogens is 2. The van der Waals surface area contributed by atoms with Gasteiger partial charge in [-0.1, -0.05) is 67.0 Å². The predicted molar refractivity (Wildman–Crippen MR) is 113 cm³/mol. The van der Waals surface area contributed by atoms with Crippen LogP contribution in [-0.4, -0.2) is 29.4 Å². The molecule has 0 spiro atoms. The average Bonchev–Trinajstić information content (AvgIpc) is 3.17. The van der Waals surface area contributed by atoms with Gasteiger partial charge in [0, 0.05) is 12.1 Å². The summed E-state index contributed by atoms with van der Waals surface area (Å²) in [7, 11) is -3.73. The summed E-state index contributed by atoms with van der Waals surface area (Å²) >= 11 is 0. The van der Waals surface area contributed by atoms with Crippen molar-refractivity contribution >= 4 is 10.0 Å². The number of sulfonamides is 1. The zero-order valence-corrected chi connectivity index (χ0v) is 17.7. The summed E-state index contributed by atoms with van der Waals surface area (Å²) in [5, 5.41) is 3.98. The molecule has 0 saturated heterocycles. The molecule has 0 radical (unpaired) electrons. The van der Waals surface area contributed by atoms with Crippen molar-refractivity contribution in [2.45, 2.75) is 38.1 Å². The highest BCUT2D eigenvalue weighted by molar-refractivity contribution is 7.89. The molecule has 0 N–H and O–H groups in total. The molecule has 3 aromatic rings. The Balaban J connectivity index is 1.84. The highest BCUT2D eigenvalue weighted by Gasteiger charge is 2.26. The van der Waals surface area contributed by atoms with Gasteiger partial charge in [-0.3, -0.25) is 0 Å². The molecule has 3 rings (SSSR count). The molecule has 1 heterocycles. The Morgan fingerprint density at radius 2 is 1.76 bits per heavy atom. The lowest BCUT2D eigenvalue weighted by atomic mass is 10.0. The Bertz CT molecular complexity index is 1070. The van der Waals surface area contributed by atoms with E-state index >= 15 is 0 Å². The van der Waals surface area contributed by atoms with Gasteiger partial charge in [0.1, 0.15) is 0 Å². The van der Waals surface area contributed by atoms with E-state index in [-0.39, 0.29) is 23.9 Å². The SMILES string of the molecule is C=CCN(Cc1nc(-c2ccc(C)cc2)no1)S(=O)(=O)c1ccc(C(C)C)cc1. The molecule has 0 fully saturated rings. The lowest BCUT2D eigenvalue weighted by Gasteiger charge is -2.19. The van der Waals surface area contributed by atoms with E-state index in [1.54, 1.807) is 12.1 Å². The second-order valence-electron chi connectivity index (χ2n) is 7.19. The van der Waals surface area contributed by atoms with E-state index in [4.69, 9.17) is 4.52 Å². The van der Waals surface area contributed by atoms with Crippen LogP contribution >= 0.6 is 0 Å². The molecule has 152 valence electrons. The molecule has 0 saturated carbocycles. The first-order chi connectivity index (χ1) is 13.8. The van der Waals surface area contributed by atoms with Gasteiger partial charge in [0.25, 0.3) is 0 Å². The van der Waals surface area contributed by atoms with E-state index in [1.165, 1.54) is 10.4 Å². The molecule has 0 aliphatic carbocycles. The molecule has 1 aromatic heterocycles. The summed E-state index contributed by atoms with van der Waals surface area (Å²) < 4.78 is 32.8. The minimum atomic E-state index is -3.73. The van der Waals surface area contributed by atoms with Crippen LogP contribution in [-0.2, 0) is 16.6 Å². The predicted octanol–water partition coefficient (Wildman–Crippen LogP) is 4.55. The summed E-state index contributed by atoms with van der Waals surface area (Å²) in [6.45, 7) is 9.91. The van der Waals surface area contributed by atoms with Crippen LogP contribution in [0.2, 0.25) is 0 Å². The van der Waals surface area contributed by atoms with Crippen molar-refractivity contribution in [3.63, 3.8) is 0 Å². The third-order valence-corrected chi connectivity index (χ3v) is 6.43. The number of hydrogen-bond acceptors (Lipinski definition) is 5. The zero-order chi connectivity index (χ0) is 21.0. The maximum atomic E-state index is 13.1. The van der Waals surface area contributed by atoms with Gasteiger partial charge in [0.15, 0.2) is 0 Å². The lowest BCUT2D eigenvalue weighted by molar-refractivity contribution is 0.327. The van der Waals surface area contributed by atoms with Crippen LogP contribution in [0.4, 0.5) is 0 Å². The summed E-state index contributed by atoms with van der Waals surface area (Å²) in [6, 6.07) is 14.7. The fourth-order valence-electron chi connectivity index (χ4n) is 2.86. The Hall–Kier alpha value is -2.77. The lowest BCUT2D eigenvalue weighted by Crippen LogP contribution is -2.31. The van der Waals surface area contributed by atoms with Crippen molar-refractivity contribution < 1.29 is 12.9 Å². The van der Waals surface area contributed by atoms with E-state index in [0.29, 0.717) is 11.7 Å². The molecule has 0 atom stereocenters. The standard InChI is InChI=1S/C22H25N3O3S/c1-5-14-25(29(26,27)20-12-10-18(11-13-20)16(2)3)15-21-23-22(24-28-21)19-8-6-17(4)7-9-19/h5-13,16H,1,14-15H2,2-4H3. The van der Waals surface area contributed by atoms with E-state index < -0.39 is 10.0 Å². The molecular formula is C22H25N3O3S. The number of benzene rings is 2. The molecule has 0 unspecified atom stereocenters. The molecule has 0 bridgehead atoms. The zero-order valence-electron chi connectivity index (χ0n) is 16.9. The Morgan fingerprint density at radius 3 is 2.34 bits per heavy atom. The number of aryl methyl sites for hydroxylation is 1. The Morgan fingerprint density at radius 1 is 1.10 bits per heavy atom. The summed E-state index contributed by atoms with van der Waals surface area (Å²) in [5.41, 5.74) is 3.02. The topological polar surface area (TPSA) is 76.3 Å². The van der Waals surface area contributed by atoms with Crippen molar-refractivity contribution in [3.8, 4) is 11.4 Å². The van der Waals surface area contributed by atoms with Crippen LogP contribution in [0.15, 0.2) is 70.6 Å².